The van der Waals surface area contributed by atoms with Gasteiger partial charge in [0.1, 0.15) is 5.82 Å². The molecule has 2 heterocycles. The second-order valence-corrected chi connectivity index (χ2v) is 10.0. The van der Waals surface area contributed by atoms with Gasteiger partial charge in [-0.3, -0.25) is 9.78 Å². The van der Waals surface area contributed by atoms with Gasteiger partial charge in [-0.25, -0.2) is 9.37 Å². The van der Waals surface area contributed by atoms with E-state index in [0.29, 0.717) is 23.4 Å². The average molecular weight is 489 g/mol. The van der Waals surface area contributed by atoms with Crippen LogP contribution in [0.15, 0.2) is 72.1 Å². The molecule has 1 aliphatic carbocycles. The van der Waals surface area contributed by atoms with Crippen molar-refractivity contribution in [1.29, 1.82) is 0 Å². The van der Waals surface area contributed by atoms with E-state index in [1.165, 1.54) is 43.5 Å². The molecule has 5 nitrogen and oxygen atoms in total. The maximum atomic E-state index is 14.1. The molecule has 180 valence electrons. The Bertz CT molecular complexity index is 1300. The van der Waals surface area contributed by atoms with Crippen molar-refractivity contribution in [1.82, 2.24) is 19.9 Å². The zero-order valence-electron chi connectivity index (χ0n) is 19.6. The number of hydrogen-bond acceptors (Lipinski definition) is 4. The van der Waals surface area contributed by atoms with Crippen LogP contribution in [0.1, 0.15) is 60.0 Å². The molecule has 0 atom stereocenters. The Morgan fingerprint density at radius 3 is 2.57 bits per heavy atom. The van der Waals surface area contributed by atoms with Crippen LogP contribution in [0.3, 0.4) is 0 Å². The van der Waals surface area contributed by atoms with Crippen LogP contribution in [-0.2, 0) is 12.3 Å². The summed E-state index contributed by atoms with van der Waals surface area (Å²) in [7, 11) is 0. The van der Waals surface area contributed by atoms with Gasteiger partial charge in [0.05, 0.1) is 23.8 Å². The average Bonchev–Trinajstić information content (AvgIpc) is 3.02. The highest BCUT2D eigenvalue weighted by atomic mass is 32.2. The first kappa shape index (κ1) is 23.5. The Balaban J connectivity index is 1.31. The van der Waals surface area contributed by atoms with Crippen LogP contribution in [0.25, 0.3) is 11.0 Å². The predicted molar refractivity (Wildman–Crippen MR) is 138 cm³/mol. The molecule has 0 bridgehead atoms. The predicted octanol–water partition coefficient (Wildman–Crippen LogP) is 6.36. The molecule has 0 radical (unpaired) electrons. The number of nitrogens with zero attached hydrogens (tertiary/aromatic N) is 3. The number of pyridine rings is 1. The molecule has 1 amide bonds. The third-order valence-corrected chi connectivity index (χ3v) is 7.60. The smallest absolute Gasteiger partial charge is 0.251 e. The van der Waals surface area contributed by atoms with Crippen molar-refractivity contribution in [3.63, 3.8) is 0 Å². The largest absolute Gasteiger partial charge is 0.349 e. The highest BCUT2D eigenvalue weighted by Crippen LogP contribution is 2.28. The fourth-order valence-corrected chi connectivity index (χ4v) is 5.61. The van der Waals surface area contributed by atoms with E-state index < -0.39 is 0 Å². The topological polar surface area (TPSA) is 59.8 Å². The van der Waals surface area contributed by atoms with Gasteiger partial charge in [-0.15, -0.1) is 0 Å². The zero-order chi connectivity index (χ0) is 24.0. The van der Waals surface area contributed by atoms with Gasteiger partial charge in [-0.2, -0.15) is 0 Å². The molecule has 1 aliphatic rings. The molecule has 0 aliphatic heterocycles. The summed E-state index contributed by atoms with van der Waals surface area (Å²) < 4.78 is 16.2. The maximum Gasteiger partial charge on any atom is 0.251 e. The molecule has 2 aromatic carbocycles. The van der Waals surface area contributed by atoms with Crippen LogP contribution >= 0.6 is 11.8 Å². The van der Waals surface area contributed by atoms with Crippen LogP contribution < -0.4 is 5.32 Å². The van der Waals surface area contributed by atoms with E-state index in [1.54, 1.807) is 18.3 Å². The van der Waals surface area contributed by atoms with Crippen LogP contribution in [0.4, 0.5) is 4.39 Å². The van der Waals surface area contributed by atoms with Crippen LogP contribution in [0, 0.1) is 5.82 Å². The highest BCUT2D eigenvalue weighted by Gasteiger charge is 2.17. The minimum absolute atomic E-state index is 0.00172. The Morgan fingerprint density at radius 2 is 1.80 bits per heavy atom. The quantitative estimate of drug-likeness (QED) is 0.243. The first-order chi connectivity index (χ1) is 17.2. The number of rotatable bonds is 7. The summed E-state index contributed by atoms with van der Waals surface area (Å²) in [4.78, 5) is 21.8. The minimum atomic E-state index is -0.206. The molecule has 0 spiro atoms. The summed E-state index contributed by atoms with van der Waals surface area (Å²) in [6.07, 6.45) is 10.6. The summed E-state index contributed by atoms with van der Waals surface area (Å²) in [5.74, 6) is 0.285. The molecule has 1 fully saturated rings. The van der Waals surface area contributed by atoms with Crippen molar-refractivity contribution < 1.29 is 9.18 Å². The lowest BCUT2D eigenvalue weighted by Gasteiger charge is -2.16. The standard InChI is InChI=1S/C28H29FN4OS/c29-24-10-6-5-7-22(24)19-35-28-32-25-15-16-30-17-26(25)33(28)18-20-11-13-21(14-12-20)27(34)31-23-8-3-1-2-4-9-23/h5-7,10-17,23H,1-4,8-9,18-19H2,(H,31,34). The first-order valence-corrected chi connectivity index (χ1v) is 13.2. The van der Waals surface area contributed by atoms with E-state index in [-0.39, 0.29) is 17.8 Å². The maximum absolute atomic E-state index is 14.1. The number of fused-ring (bicyclic) bond motifs is 1. The molecular weight excluding hydrogens is 459 g/mol. The lowest BCUT2D eigenvalue weighted by molar-refractivity contribution is 0.0933. The van der Waals surface area contributed by atoms with Crippen molar-refractivity contribution >= 4 is 28.7 Å². The number of amides is 1. The molecular formula is C28H29FN4OS. The van der Waals surface area contributed by atoms with Crippen LogP contribution in [0.5, 0.6) is 0 Å². The fraction of sp³-hybridized carbons (Fsp3) is 0.321. The zero-order valence-corrected chi connectivity index (χ0v) is 20.4. The van der Waals surface area contributed by atoms with Gasteiger partial charge in [0.15, 0.2) is 5.16 Å². The number of thioether (sulfide) groups is 1. The number of halogens is 1. The number of imidazole rings is 1. The van der Waals surface area contributed by atoms with Crippen molar-refractivity contribution in [3.8, 4) is 0 Å². The van der Waals surface area contributed by atoms with Gasteiger partial charge in [0, 0.05) is 23.6 Å². The Kier molecular flexibility index (Phi) is 7.42. The Hall–Kier alpha value is -3.19. The molecule has 35 heavy (non-hydrogen) atoms. The van der Waals surface area contributed by atoms with E-state index in [0.717, 1.165) is 34.6 Å². The van der Waals surface area contributed by atoms with Crippen molar-refractivity contribution in [2.45, 2.75) is 62.0 Å². The van der Waals surface area contributed by atoms with Crippen molar-refractivity contribution in [3.05, 3.63) is 89.5 Å². The molecule has 2 aromatic heterocycles. The van der Waals surface area contributed by atoms with Crippen molar-refractivity contribution in [2.75, 3.05) is 0 Å². The normalized spacial score (nSPS) is 14.7. The van der Waals surface area contributed by atoms with E-state index in [9.17, 15) is 9.18 Å². The molecule has 0 unspecified atom stereocenters. The fourth-order valence-electron chi connectivity index (χ4n) is 4.61. The molecule has 7 heteroatoms. The molecule has 5 rings (SSSR count). The van der Waals surface area contributed by atoms with E-state index in [1.807, 2.05) is 42.6 Å². The molecule has 1 N–H and O–H groups in total. The molecule has 1 saturated carbocycles. The Labute approximate surface area is 209 Å². The molecule has 4 aromatic rings. The summed E-state index contributed by atoms with van der Waals surface area (Å²) in [6, 6.07) is 16.8. The van der Waals surface area contributed by atoms with Gasteiger partial charge >= 0.3 is 0 Å². The highest BCUT2D eigenvalue weighted by molar-refractivity contribution is 7.98. The number of aromatic nitrogens is 3. The number of nitrogens with one attached hydrogen (secondary N) is 1. The van der Waals surface area contributed by atoms with E-state index in [2.05, 4.69) is 14.9 Å². The lowest BCUT2D eigenvalue weighted by Crippen LogP contribution is -2.34. The number of carbonyl (C=O) groups excluding carboxylic acids is 1. The van der Waals surface area contributed by atoms with E-state index in [4.69, 9.17) is 4.98 Å². The van der Waals surface area contributed by atoms with Gasteiger partial charge < -0.3 is 9.88 Å². The Morgan fingerprint density at radius 1 is 1.03 bits per heavy atom. The van der Waals surface area contributed by atoms with Gasteiger partial charge in [0.2, 0.25) is 0 Å². The monoisotopic (exact) mass is 488 g/mol. The summed E-state index contributed by atoms with van der Waals surface area (Å²) in [5.41, 5.74) is 4.18. The van der Waals surface area contributed by atoms with E-state index >= 15 is 0 Å². The minimum Gasteiger partial charge on any atom is -0.349 e. The first-order valence-electron chi connectivity index (χ1n) is 12.2. The summed E-state index contributed by atoms with van der Waals surface area (Å²) >= 11 is 1.51. The summed E-state index contributed by atoms with van der Waals surface area (Å²) in [6.45, 7) is 0.590. The van der Waals surface area contributed by atoms with Crippen LogP contribution in [-0.4, -0.2) is 26.5 Å². The van der Waals surface area contributed by atoms with Crippen LogP contribution in [0.2, 0.25) is 0 Å². The SMILES string of the molecule is O=C(NC1CCCCCC1)c1ccc(Cn2c(SCc3ccccc3F)nc3ccncc32)cc1. The number of hydrogen-bond donors (Lipinski definition) is 1. The second kappa shape index (κ2) is 11.0. The summed E-state index contributed by atoms with van der Waals surface area (Å²) in [5, 5.41) is 4.03. The number of benzene rings is 2. The van der Waals surface area contributed by atoms with Gasteiger partial charge in [0.25, 0.3) is 5.91 Å². The van der Waals surface area contributed by atoms with Crippen molar-refractivity contribution in [2.24, 2.45) is 0 Å². The number of carbonyl (C=O) groups is 1. The molecule has 0 saturated heterocycles. The lowest BCUT2D eigenvalue weighted by atomic mass is 10.1. The third-order valence-electron chi connectivity index (χ3n) is 6.58. The second-order valence-electron chi connectivity index (χ2n) is 9.08. The van der Waals surface area contributed by atoms with Gasteiger partial charge in [-0.05, 0) is 48.2 Å². The van der Waals surface area contributed by atoms with Gasteiger partial charge in [-0.1, -0.05) is 67.8 Å². The third kappa shape index (κ3) is 5.73.